The van der Waals surface area contributed by atoms with Crippen LogP contribution < -0.4 is 15.4 Å². The molecule has 152 valence electrons. The number of hydrogen-bond acceptors (Lipinski definition) is 2. The van der Waals surface area contributed by atoms with Crippen LogP contribution >= 0.6 is 11.6 Å². The summed E-state index contributed by atoms with van der Waals surface area (Å²) in [5.41, 5.74) is -1.07. The van der Waals surface area contributed by atoms with E-state index in [-0.39, 0.29) is 29.1 Å². The number of halogens is 5. The van der Waals surface area contributed by atoms with Crippen molar-refractivity contribution in [3.05, 3.63) is 52.8 Å². The van der Waals surface area contributed by atoms with Crippen LogP contribution in [0.25, 0.3) is 0 Å². The number of ether oxygens (including phenoxy) is 1. The number of hydrogen-bond donors (Lipinski definition) is 2. The van der Waals surface area contributed by atoms with Gasteiger partial charge >= 0.3 is 12.2 Å². The Morgan fingerprint density at radius 2 is 1.61 bits per heavy atom. The van der Waals surface area contributed by atoms with Crippen molar-refractivity contribution >= 4 is 29.0 Å². The minimum atomic E-state index is -4.66. The number of benzene rings is 2. The lowest BCUT2D eigenvalue weighted by molar-refractivity contribution is -0.137. The van der Waals surface area contributed by atoms with E-state index in [9.17, 15) is 22.4 Å². The summed E-state index contributed by atoms with van der Waals surface area (Å²) in [5, 5.41) is 4.12. The van der Waals surface area contributed by atoms with Gasteiger partial charge in [0.1, 0.15) is 0 Å². The number of carbonyl (C=O) groups is 1. The van der Waals surface area contributed by atoms with Crippen LogP contribution in [0.3, 0.4) is 0 Å². The third kappa shape index (κ3) is 5.76. The number of anilines is 2. The first kappa shape index (κ1) is 21.8. The summed E-state index contributed by atoms with van der Waals surface area (Å²) in [7, 11) is 0. The standard InChI is InChI=1S/C19H19ClF4N2O2/c1-10(2)11(3)28-17-7-5-13(9-16(17)21)26-18(27)25-12-4-6-15(20)14(8-12)19(22,23)24/h4-11H,1-3H3,(H2,25,26,27). The third-order valence-corrected chi connectivity index (χ3v) is 4.30. The molecule has 2 rings (SSSR count). The first-order chi connectivity index (χ1) is 13.0. The Balaban J connectivity index is 2.07. The second kappa shape index (κ2) is 8.68. The zero-order valence-corrected chi connectivity index (χ0v) is 16.1. The van der Waals surface area contributed by atoms with Gasteiger partial charge in [-0.05, 0) is 43.2 Å². The fourth-order valence-corrected chi connectivity index (χ4v) is 2.35. The van der Waals surface area contributed by atoms with Crippen LogP contribution in [0, 0.1) is 11.7 Å². The molecule has 2 aromatic carbocycles. The summed E-state index contributed by atoms with van der Waals surface area (Å²) in [6.07, 6.45) is -4.86. The van der Waals surface area contributed by atoms with Crippen molar-refractivity contribution in [2.45, 2.75) is 33.1 Å². The summed E-state index contributed by atoms with van der Waals surface area (Å²) >= 11 is 5.53. The van der Waals surface area contributed by atoms with Gasteiger partial charge < -0.3 is 15.4 Å². The number of nitrogens with one attached hydrogen (secondary N) is 2. The van der Waals surface area contributed by atoms with Crippen LogP contribution in [-0.4, -0.2) is 12.1 Å². The second-order valence-electron chi connectivity index (χ2n) is 6.48. The van der Waals surface area contributed by atoms with Crippen molar-refractivity contribution in [1.82, 2.24) is 0 Å². The molecule has 2 amide bonds. The Hall–Kier alpha value is -2.48. The molecule has 4 nitrogen and oxygen atoms in total. The molecule has 0 aromatic heterocycles. The molecule has 1 atom stereocenters. The van der Waals surface area contributed by atoms with E-state index in [1.807, 2.05) is 20.8 Å². The highest BCUT2D eigenvalue weighted by Gasteiger charge is 2.33. The van der Waals surface area contributed by atoms with Gasteiger partial charge in [0.25, 0.3) is 0 Å². The van der Waals surface area contributed by atoms with Gasteiger partial charge in [-0.3, -0.25) is 0 Å². The molecule has 1 unspecified atom stereocenters. The number of urea groups is 1. The van der Waals surface area contributed by atoms with Gasteiger partial charge in [0, 0.05) is 17.4 Å². The van der Waals surface area contributed by atoms with Crippen molar-refractivity contribution in [2.24, 2.45) is 5.92 Å². The van der Waals surface area contributed by atoms with Crippen LogP contribution in [0.4, 0.5) is 33.7 Å². The predicted molar refractivity (Wildman–Crippen MR) is 100 cm³/mol. The maximum absolute atomic E-state index is 14.1. The molecule has 0 radical (unpaired) electrons. The molecule has 0 spiro atoms. The fourth-order valence-electron chi connectivity index (χ4n) is 2.12. The SMILES string of the molecule is CC(C)C(C)Oc1ccc(NC(=O)Nc2ccc(Cl)c(C(F)(F)F)c2)cc1F. The van der Waals surface area contributed by atoms with Gasteiger partial charge in [0.15, 0.2) is 11.6 Å². The average Bonchev–Trinajstić information content (AvgIpc) is 2.57. The monoisotopic (exact) mass is 418 g/mol. The van der Waals surface area contributed by atoms with Gasteiger partial charge in [-0.25, -0.2) is 9.18 Å². The van der Waals surface area contributed by atoms with E-state index in [2.05, 4.69) is 10.6 Å². The predicted octanol–water partition coefficient (Wildman–Crippen LogP) is 6.57. The Morgan fingerprint density at radius 1 is 1.04 bits per heavy atom. The first-order valence-electron chi connectivity index (χ1n) is 8.38. The smallest absolute Gasteiger partial charge is 0.417 e. The molecule has 0 aliphatic carbocycles. The Labute approximate surface area is 164 Å². The molecular formula is C19H19ClF4N2O2. The molecule has 0 bridgehead atoms. The molecule has 0 saturated carbocycles. The van der Waals surface area contributed by atoms with Crippen LogP contribution in [0.1, 0.15) is 26.3 Å². The van der Waals surface area contributed by atoms with Crippen molar-refractivity contribution in [3.63, 3.8) is 0 Å². The van der Waals surface area contributed by atoms with Crippen molar-refractivity contribution < 1.29 is 27.1 Å². The summed E-state index contributed by atoms with van der Waals surface area (Å²) < 4.78 is 58.2. The Morgan fingerprint density at radius 3 is 2.14 bits per heavy atom. The molecule has 0 aliphatic heterocycles. The van der Waals surface area contributed by atoms with Crippen molar-refractivity contribution in [3.8, 4) is 5.75 Å². The zero-order valence-electron chi connectivity index (χ0n) is 15.3. The van der Waals surface area contributed by atoms with Gasteiger partial charge in [-0.1, -0.05) is 25.4 Å². The summed E-state index contributed by atoms with van der Waals surface area (Å²) in [6.45, 7) is 5.68. The third-order valence-electron chi connectivity index (χ3n) is 3.97. The summed E-state index contributed by atoms with van der Waals surface area (Å²) in [6, 6.07) is 5.99. The molecule has 0 saturated heterocycles. The lowest BCUT2D eigenvalue weighted by Gasteiger charge is -2.18. The first-order valence-corrected chi connectivity index (χ1v) is 8.76. The van der Waals surface area contributed by atoms with Crippen molar-refractivity contribution in [1.29, 1.82) is 0 Å². The highest BCUT2D eigenvalue weighted by atomic mass is 35.5. The number of rotatable bonds is 5. The van der Waals surface area contributed by atoms with E-state index in [1.54, 1.807) is 0 Å². The highest BCUT2D eigenvalue weighted by molar-refractivity contribution is 6.31. The normalized spacial score (nSPS) is 12.6. The van der Waals surface area contributed by atoms with Crippen molar-refractivity contribution in [2.75, 3.05) is 10.6 Å². The van der Waals surface area contributed by atoms with Gasteiger partial charge in [0.2, 0.25) is 0 Å². The number of amides is 2. The maximum atomic E-state index is 14.1. The summed E-state index contributed by atoms with van der Waals surface area (Å²) in [5.74, 6) is -0.445. The zero-order chi connectivity index (χ0) is 21.1. The van der Waals surface area contributed by atoms with Gasteiger partial charge in [-0.2, -0.15) is 13.2 Å². The molecule has 2 N–H and O–H groups in total. The molecule has 28 heavy (non-hydrogen) atoms. The van der Waals surface area contributed by atoms with Crippen LogP contribution in [0.15, 0.2) is 36.4 Å². The molecule has 9 heteroatoms. The topological polar surface area (TPSA) is 50.4 Å². The van der Waals surface area contributed by atoms with Gasteiger partial charge in [-0.15, -0.1) is 0 Å². The van der Waals surface area contributed by atoms with Crippen LogP contribution in [0.5, 0.6) is 5.75 Å². The Kier molecular flexibility index (Phi) is 6.77. The second-order valence-corrected chi connectivity index (χ2v) is 6.89. The minimum absolute atomic E-state index is 0.0414. The quantitative estimate of drug-likeness (QED) is 0.540. The minimum Gasteiger partial charge on any atom is -0.487 e. The largest absolute Gasteiger partial charge is 0.487 e. The van der Waals surface area contributed by atoms with E-state index in [4.69, 9.17) is 16.3 Å². The maximum Gasteiger partial charge on any atom is 0.417 e. The molecule has 0 aliphatic rings. The van der Waals surface area contributed by atoms with E-state index in [0.717, 1.165) is 12.1 Å². The molecule has 0 fully saturated rings. The summed E-state index contributed by atoms with van der Waals surface area (Å²) in [4.78, 5) is 12.0. The number of carbonyl (C=O) groups excluding carboxylic acids is 1. The van der Waals surface area contributed by atoms with Crippen LogP contribution in [0.2, 0.25) is 5.02 Å². The molecule has 2 aromatic rings. The lowest BCUT2D eigenvalue weighted by atomic mass is 10.1. The lowest BCUT2D eigenvalue weighted by Crippen LogP contribution is -2.21. The van der Waals surface area contributed by atoms with E-state index in [1.165, 1.54) is 18.2 Å². The van der Waals surface area contributed by atoms with Crippen LogP contribution in [-0.2, 0) is 6.18 Å². The average molecular weight is 419 g/mol. The van der Waals surface area contributed by atoms with E-state index < -0.39 is 28.6 Å². The van der Waals surface area contributed by atoms with E-state index >= 15 is 0 Å². The molecular weight excluding hydrogens is 400 g/mol. The van der Waals surface area contributed by atoms with E-state index in [0.29, 0.717) is 6.07 Å². The van der Waals surface area contributed by atoms with Gasteiger partial charge in [0.05, 0.1) is 16.7 Å². The fraction of sp³-hybridized carbons (Fsp3) is 0.316. The highest BCUT2D eigenvalue weighted by Crippen LogP contribution is 2.36. The molecule has 0 heterocycles. The number of alkyl halides is 3. The Bertz CT molecular complexity index is 856.